The van der Waals surface area contributed by atoms with Crippen molar-refractivity contribution in [1.29, 1.82) is 0 Å². The highest BCUT2D eigenvalue weighted by atomic mass is 28.2. The Morgan fingerprint density at radius 2 is 1.64 bits per heavy atom. The summed E-state index contributed by atoms with van der Waals surface area (Å²) in [6, 6.07) is 21.8. The molecular formula is C21H24O3Si. The summed E-state index contributed by atoms with van der Waals surface area (Å²) < 4.78 is 11.1. The predicted molar refractivity (Wildman–Crippen MR) is 102 cm³/mol. The third kappa shape index (κ3) is 6.33. The third-order valence-corrected chi connectivity index (χ3v) is 4.99. The maximum atomic E-state index is 11.0. The Bertz CT molecular complexity index is 603. The Balaban J connectivity index is 1.90. The van der Waals surface area contributed by atoms with E-state index in [9.17, 15) is 4.79 Å². The molecule has 0 aliphatic rings. The Morgan fingerprint density at radius 3 is 2.16 bits per heavy atom. The monoisotopic (exact) mass is 352 g/mol. The van der Waals surface area contributed by atoms with E-state index in [1.165, 1.54) is 17.2 Å². The zero-order valence-corrected chi connectivity index (χ0v) is 15.6. The van der Waals surface area contributed by atoms with E-state index in [0.29, 0.717) is 16.4 Å². The van der Waals surface area contributed by atoms with Crippen molar-refractivity contribution in [1.82, 2.24) is 0 Å². The average Bonchev–Trinajstić information content (AvgIpc) is 2.66. The first kappa shape index (κ1) is 19.2. The number of ether oxygens (including phenoxy) is 1. The van der Waals surface area contributed by atoms with Crippen LogP contribution in [0.1, 0.15) is 30.4 Å². The van der Waals surface area contributed by atoms with Gasteiger partial charge in [0.15, 0.2) is 0 Å². The number of carbonyl (C=O) groups is 1. The fourth-order valence-corrected chi connectivity index (χ4v) is 3.50. The normalized spacial score (nSPS) is 11.9. The molecule has 0 fully saturated rings. The molecular weight excluding hydrogens is 328 g/mol. The van der Waals surface area contributed by atoms with Gasteiger partial charge in [0.2, 0.25) is 9.76 Å². The Hall–Kier alpha value is -2.17. The molecule has 2 aromatic rings. The van der Waals surface area contributed by atoms with Gasteiger partial charge in [0.25, 0.3) is 0 Å². The molecule has 0 aliphatic carbocycles. The zero-order chi connectivity index (χ0) is 17.9. The van der Waals surface area contributed by atoms with E-state index in [-0.39, 0.29) is 18.0 Å². The van der Waals surface area contributed by atoms with Crippen LogP contribution >= 0.6 is 0 Å². The quantitative estimate of drug-likeness (QED) is 0.275. The van der Waals surface area contributed by atoms with Crippen LogP contribution in [0.4, 0.5) is 0 Å². The van der Waals surface area contributed by atoms with Gasteiger partial charge in [-0.05, 0) is 30.5 Å². The van der Waals surface area contributed by atoms with Gasteiger partial charge < -0.3 is 9.16 Å². The lowest BCUT2D eigenvalue weighted by Crippen LogP contribution is -2.22. The number of esters is 1. The van der Waals surface area contributed by atoms with Crippen molar-refractivity contribution >= 4 is 15.7 Å². The van der Waals surface area contributed by atoms with Crippen LogP contribution in [0, 0.1) is 0 Å². The van der Waals surface area contributed by atoms with Crippen LogP contribution in [0.25, 0.3) is 0 Å². The molecule has 1 unspecified atom stereocenters. The maximum absolute atomic E-state index is 11.0. The number of rotatable bonds is 10. The van der Waals surface area contributed by atoms with Crippen molar-refractivity contribution in [2.24, 2.45) is 0 Å². The molecule has 0 saturated carbocycles. The molecule has 0 N–H and O–H groups in total. The number of carbonyl (C=O) groups excluding carboxylic acids is 1. The molecule has 2 radical (unpaired) electrons. The van der Waals surface area contributed by atoms with E-state index in [2.05, 4.69) is 62.0 Å². The molecule has 3 nitrogen and oxygen atoms in total. The summed E-state index contributed by atoms with van der Waals surface area (Å²) in [5, 5.41) is 0. The van der Waals surface area contributed by atoms with Crippen LogP contribution in [-0.2, 0) is 14.0 Å². The fourth-order valence-electron chi connectivity index (χ4n) is 2.69. The molecule has 0 aliphatic heterocycles. The second-order valence-corrected chi connectivity index (χ2v) is 6.77. The van der Waals surface area contributed by atoms with Crippen molar-refractivity contribution in [3.8, 4) is 0 Å². The molecule has 2 aromatic carbocycles. The minimum absolute atomic E-state index is 0.0684. The lowest BCUT2D eigenvalue weighted by atomic mass is 9.87. The second-order valence-electron chi connectivity index (χ2n) is 5.74. The number of hydrogen-bond acceptors (Lipinski definition) is 3. The van der Waals surface area contributed by atoms with Gasteiger partial charge in [0, 0.05) is 12.0 Å². The standard InChI is InChI=1S/C21H24O3Si/c1-3-20(22)23-15-10-16-25-24-17(2)21(18-11-6-4-7-12-18)19-13-8-5-9-14-19/h3-9,11-14,17,21H,1,10,15-16H2,2H3. The van der Waals surface area contributed by atoms with Crippen molar-refractivity contribution in [2.75, 3.05) is 6.61 Å². The smallest absolute Gasteiger partial charge is 0.330 e. The molecule has 0 saturated heterocycles. The van der Waals surface area contributed by atoms with Gasteiger partial charge in [-0.25, -0.2) is 4.79 Å². The first-order valence-electron chi connectivity index (χ1n) is 8.50. The van der Waals surface area contributed by atoms with E-state index < -0.39 is 0 Å². The van der Waals surface area contributed by atoms with Gasteiger partial charge in [0.05, 0.1) is 12.7 Å². The molecule has 0 aromatic heterocycles. The highest BCUT2D eigenvalue weighted by molar-refractivity contribution is 6.27. The van der Waals surface area contributed by atoms with Crippen molar-refractivity contribution in [3.63, 3.8) is 0 Å². The second kappa shape index (κ2) is 10.6. The molecule has 0 heterocycles. The van der Waals surface area contributed by atoms with Gasteiger partial charge in [-0.3, -0.25) is 0 Å². The van der Waals surface area contributed by atoms with Crippen LogP contribution in [0.15, 0.2) is 73.3 Å². The molecule has 2 rings (SSSR count). The van der Waals surface area contributed by atoms with Crippen LogP contribution in [0.3, 0.4) is 0 Å². The van der Waals surface area contributed by atoms with Crippen LogP contribution in [0.5, 0.6) is 0 Å². The molecule has 0 spiro atoms. The van der Waals surface area contributed by atoms with E-state index >= 15 is 0 Å². The van der Waals surface area contributed by atoms with Crippen LogP contribution in [0.2, 0.25) is 6.04 Å². The Labute approximate surface area is 152 Å². The van der Waals surface area contributed by atoms with Gasteiger partial charge in [-0.2, -0.15) is 0 Å². The van der Waals surface area contributed by atoms with E-state index in [0.717, 1.165) is 12.5 Å². The summed E-state index contributed by atoms with van der Waals surface area (Å²) in [5.41, 5.74) is 2.51. The van der Waals surface area contributed by atoms with Gasteiger partial charge in [-0.1, -0.05) is 67.2 Å². The summed E-state index contributed by atoms with van der Waals surface area (Å²) in [5.74, 6) is -0.167. The summed E-state index contributed by atoms with van der Waals surface area (Å²) in [7, 11) is 0.382. The maximum Gasteiger partial charge on any atom is 0.330 e. The van der Waals surface area contributed by atoms with Crippen molar-refractivity contribution in [2.45, 2.75) is 31.4 Å². The number of hydrogen-bond donors (Lipinski definition) is 0. The highest BCUT2D eigenvalue weighted by Gasteiger charge is 2.21. The highest BCUT2D eigenvalue weighted by Crippen LogP contribution is 2.29. The molecule has 4 heteroatoms. The largest absolute Gasteiger partial charge is 0.463 e. The minimum atomic E-state index is -0.370. The Morgan fingerprint density at radius 1 is 1.08 bits per heavy atom. The Kier molecular flexibility index (Phi) is 8.15. The average molecular weight is 353 g/mol. The lowest BCUT2D eigenvalue weighted by Gasteiger charge is -2.25. The molecule has 130 valence electrons. The van der Waals surface area contributed by atoms with Crippen LogP contribution in [-0.4, -0.2) is 28.4 Å². The summed E-state index contributed by atoms with van der Waals surface area (Å²) >= 11 is 0. The lowest BCUT2D eigenvalue weighted by molar-refractivity contribution is -0.137. The topological polar surface area (TPSA) is 35.5 Å². The summed E-state index contributed by atoms with van der Waals surface area (Å²) in [6.07, 6.45) is 2.05. The first-order chi connectivity index (χ1) is 12.2. The zero-order valence-electron chi connectivity index (χ0n) is 14.6. The van der Waals surface area contributed by atoms with Crippen molar-refractivity contribution < 1.29 is 14.0 Å². The molecule has 0 bridgehead atoms. The summed E-state index contributed by atoms with van der Waals surface area (Å²) in [4.78, 5) is 11.0. The molecule has 1 atom stereocenters. The van der Waals surface area contributed by atoms with E-state index in [1.54, 1.807) is 0 Å². The van der Waals surface area contributed by atoms with E-state index in [4.69, 9.17) is 9.16 Å². The fraction of sp³-hybridized carbons (Fsp3) is 0.286. The first-order valence-corrected chi connectivity index (χ1v) is 9.61. The minimum Gasteiger partial charge on any atom is -0.463 e. The molecule has 0 amide bonds. The van der Waals surface area contributed by atoms with Gasteiger partial charge in [-0.15, -0.1) is 0 Å². The number of benzene rings is 2. The van der Waals surface area contributed by atoms with E-state index in [1.807, 2.05) is 12.1 Å². The summed E-state index contributed by atoms with van der Waals surface area (Å²) in [6.45, 7) is 5.91. The molecule has 25 heavy (non-hydrogen) atoms. The van der Waals surface area contributed by atoms with Gasteiger partial charge in [0.1, 0.15) is 0 Å². The predicted octanol–water partition coefficient (Wildman–Crippen LogP) is 4.38. The van der Waals surface area contributed by atoms with Crippen LogP contribution < -0.4 is 0 Å². The third-order valence-electron chi connectivity index (χ3n) is 3.89. The van der Waals surface area contributed by atoms with Crippen molar-refractivity contribution in [3.05, 3.63) is 84.4 Å². The SMILES string of the molecule is C=CC(=O)OCCC[Si]OC(C)C(c1ccccc1)c1ccccc1. The van der Waals surface area contributed by atoms with Gasteiger partial charge >= 0.3 is 5.97 Å².